The van der Waals surface area contributed by atoms with Gasteiger partial charge in [-0.15, -0.1) is 0 Å². The predicted molar refractivity (Wildman–Crippen MR) is 156 cm³/mol. The predicted octanol–water partition coefficient (Wildman–Crippen LogP) is 7.87. The molecule has 1 saturated heterocycles. The summed E-state index contributed by atoms with van der Waals surface area (Å²) in [6.45, 7) is 11.1. The van der Waals surface area contributed by atoms with Crippen molar-refractivity contribution in [3.8, 4) is 0 Å². The lowest BCUT2D eigenvalue weighted by Crippen LogP contribution is -2.41. The van der Waals surface area contributed by atoms with Gasteiger partial charge >= 0.3 is 6.09 Å². The summed E-state index contributed by atoms with van der Waals surface area (Å²) in [5.74, 6) is 0.368. The Kier molecular flexibility index (Phi) is 8.96. The molecule has 1 aromatic heterocycles. The lowest BCUT2D eigenvalue weighted by atomic mass is 9.82. The normalized spacial score (nSPS) is 15.7. The van der Waals surface area contributed by atoms with Crippen LogP contribution >= 0.6 is 11.6 Å². The molecular weight excluding hydrogens is 510 g/mol. The van der Waals surface area contributed by atoms with Crippen LogP contribution in [-0.2, 0) is 4.74 Å². The van der Waals surface area contributed by atoms with Gasteiger partial charge in [0.15, 0.2) is 0 Å². The molecule has 1 fully saturated rings. The minimum Gasteiger partial charge on any atom is -0.444 e. The number of rotatable bonds is 6. The van der Waals surface area contributed by atoms with Gasteiger partial charge in [0.1, 0.15) is 5.60 Å². The van der Waals surface area contributed by atoms with E-state index in [2.05, 4.69) is 47.4 Å². The minimum atomic E-state index is -0.487. The molecule has 2 aromatic carbocycles. The largest absolute Gasteiger partial charge is 0.444 e. The van der Waals surface area contributed by atoms with Crippen LogP contribution in [0.15, 0.2) is 65.9 Å². The van der Waals surface area contributed by atoms with Gasteiger partial charge in [-0.2, -0.15) is 0 Å². The minimum absolute atomic E-state index is 0.0234. The number of carbonyl (C=O) groups excluding carboxylic acids is 1. The maximum absolute atomic E-state index is 12.5. The first-order chi connectivity index (χ1) is 18.5. The molecule has 1 unspecified atom stereocenters. The molecule has 0 radical (unpaired) electrons. The molecule has 3 aromatic rings. The van der Waals surface area contributed by atoms with Crippen molar-refractivity contribution in [3.05, 3.63) is 99.3 Å². The highest BCUT2D eigenvalue weighted by Gasteiger charge is 2.28. The summed E-state index contributed by atoms with van der Waals surface area (Å²) in [6, 6.07) is 18.5. The Balaban J connectivity index is 1.55. The van der Waals surface area contributed by atoms with Crippen molar-refractivity contribution in [2.75, 3.05) is 13.1 Å². The second-order valence-electron chi connectivity index (χ2n) is 11.4. The Hall–Kier alpha value is -3.38. The number of hydrogen-bond acceptors (Lipinski definition) is 5. The summed E-state index contributed by atoms with van der Waals surface area (Å²) in [7, 11) is 0. The van der Waals surface area contributed by atoms with Crippen molar-refractivity contribution in [3.63, 3.8) is 0 Å². The highest BCUT2D eigenvalue weighted by Crippen LogP contribution is 2.35. The summed E-state index contributed by atoms with van der Waals surface area (Å²) < 4.78 is 5.55. The van der Waals surface area contributed by atoms with Crippen molar-refractivity contribution in [1.82, 2.24) is 9.88 Å². The molecule has 0 aliphatic carbocycles. The molecule has 2 heterocycles. The zero-order chi connectivity index (χ0) is 28.2. The number of halogens is 1. The van der Waals surface area contributed by atoms with Crippen LogP contribution in [-0.4, -0.2) is 45.6 Å². The van der Waals surface area contributed by atoms with Gasteiger partial charge in [-0.1, -0.05) is 47.1 Å². The third-order valence-corrected chi connectivity index (χ3v) is 7.55. The van der Waals surface area contributed by atoms with Crippen LogP contribution in [0.3, 0.4) is 0 Å². The molecule has 0 spiro atoms. The number of amides is 1. The van der Waals surface area contributed by atoms with Crippen molar-refractivity contribution < 1.29 is 14.7 Å². The quantitative estimate of drug-likeness (QED) is 0.193. The molecule has 1 amide bonds. The van der Waals surface area contributed by atoms with Gasteiger partial charge in [-0.25, -0.2) is 4.79 Å². The smallest absolute Gasteiger partial charge is 0.410 e. The van der Waals surface area contributed by atoms with E-state index < -0.39 is 5.60 Å². The van der Waals surface area contributed by atoms with E-state index in [4.69, 9.17) is 16.3 Å². The van der Waals surface area contributed by atoms with Gasteiger partial charge in [0.05, 0.1) is 5.71 Å². The van der Waals surface area contributed by atoms with Gasteiger partial charge < -0.3 is 14.8 Å². The van der Waals surface area contributed by atoms with Crippen molar-refractivity contribution in [2.24, 2.45) is 5.16 Å². The fraction of sp³-hybridized carbons (Fsp3) is 0.406. The van der Waals surface area contributed by atoms with E-state index in [1.165, 1.54) is 5.56 Å². The standard InChI is InChI=1S/C32H38ClN3O3/c1-21-18-27(33)10-11-28(21)29(20-30(35-38)26-12-15-34-22(2)19-26)25-8-6-23(7-9-25)24-13-16-36(17-14-24)31(37)39-32(3,4)5/h6-12,15,18-19,24,29,38H,13-14,16-17,20H2,1-5H3. The Morgan fingerprint density at radius 1 is 1.10 bits per heavy atom. The first kappa shape index (κ1) is 28.6. The third kappa shape index (κ3) is 7.39. The van der Waals surface area contributed by atoms with Crippen LogP contribution in [0.1, 0.15) is 85.4 Å². The summed E-state index contributed by atoms with van der Waals surface area (Å²) in [4.78, 5) is 18.5. The van der Waals surface area contributed by atoms with Crippen LogP contribution in [0.4, 0.5) is 4.79 Å². The highest BCUT2D eigenvalue weighted by molar-refractivity contribution is 6.30. The van der Waals surface area contributed by atoms with E-state index in [-0.39, 0.29) is 12.0 Å². The fourth-order valence-electron chi connectivity index (χ4n) is 5.29. The number of aryl methyl sites for hydroxylation is 2. The highest BCUT2D eigenvalue weighted by atomic mass is 35.5. The number of hydrogen-bond donors (Lipinski definition) is 1. The van der Waals surface area contributed by atoms with E-state index in [9.17, 15) is 10.0 Å². The van der Waals surface area contributed by atoms with E-state index in [0.717, 1.165) is 40.8 Å². The van der Waals surface area contributed by atoms with Crippen LogP contribution in [0.2, 0.25) is 5.02 Å². The number of nitrogens with zero attached hydrogens (tertiary/aromatic N) is 3. The molecule has 206 valence electrons. The third-order valence-electron chi connectivity index (χ3n) is 7.31. The first-order valence-corrected chi connectivity index (χ1v) is 13.9. The Morgan fingerprint density at radius 2 is 1.79 bits per heavy atom. The zero-order valence-corrected chi connectivity index (χ0v) is 24.2. The number of aromatic nitrogens is 1. The van der Waals surface area contributed by atoms with Crippen LogP contribution in [0.25, 0.3) is 0 Å². The van der Waals surface area contributed by atoms with Gasteiger partial charge in [0.25, 0.3) is 0 Å². The molecular formula is C32H38ClN3O3. The first-order valence-electron chi connectivity index (χ1n) is 13.5. The van der Waals surface area contributed by atoms with Crippen LogP contribution < -0.4 is 0 Å². The monoisotopic (exact) mass is 547 g/mol. The summed E-state index contributed by atoms with van der Waals surface area (Å²) in [5, 5.41) is 14.4. The molecule has 0 bridgehead atoms. The summed E-state index contributed by atoms with van der Waals surface area (Å²) in [5.41, 5.74) is 6.50. The molecule has 1 N–H and O–H groups in total. The average molecular weight is 548 g/mol. The van der Waals surface area contributed by atoms with Crippen molar-refractivity contribution in [1.29, 1.82) is 0 Å². The lowest BCUT2D eigenvalue weighted by molar-refractivity contribution is 0.0205. The maximum Gasteiger partial charge on any atom is 0.410 e. The van der Waals surface area contributed by atoms with E-state index in [0.29, 0.717) is 36.2 Å². The number of carbonyl (C=O) groups is 1. The lowest BCUT2D eigenvalue weighted by Gasteiger charge is -2.33. The number of benzene rings is 2. The van der Waals surface area contributed by atoms with Crippen molar-refractivity contribution in [2.45, 2.75) is 71.3 Å². The van der Waals surface area contributed by atoms with Gasteiger partial charge in [-0.05, 0) is 99.9 Å². The topological polar surface area (TPSA) is 75.0 Å². The number of piperidine rings is 1. The molecule has 7 heteroatoms. The molecule has 1 aliphatic rings. The number of oxime groups is 1. The Morgan fingerprint density at radius 3 is 2.38 bits per heavy atom. The number of pyridine rings is 1. The molecule has 1 aliphatic heterocycles. The summed E-state index contributed by atoms with van der Waals surface area (Å²) >= 11 is 6.28. The SMILES string of the molecule is Cc1cc(C(CC(c2ccc(C3CCN(C(=O)OC(C)(C)C)CC3)cc2)c2ccc(Cl)cc2C)=NO)ccn1. The number of likely N-dealkylation sites (tertiary alicyclic amines) is 1. The molecule has 4 rings (SSSR count). The molecule has 39 heavy (non-hydrogen) atoms. The molecule has 1 atom stereocenters. The zero-order valence-electron chi connectivity index (χ0n) is 23.4. The second-order valence-corrected chi connectivity index (χ2v) is 11.8. The van der Waals surface area contributed by atoms with Crippen molar-refractivity contribution >= 4 is 23.4 Å². The Labute approximate surface area is 236 Å². The molecule has 6 nitrogen and oxygen atoms in total. The van der Waals surface area contributed by atoms with Gasteiger partial charge in [0.2, 0.25) is 0 Å². The van der Waals surface area contributed by atoms with Gasteiger partial charge in [0, 0.05) is 47.9 Å². The van der Waals surface area contributed by atoms with E-state index in [1.54, 1.807) is 6.20 Å². The van der Waals surface area contributed by atoms with E-state index in [1.807, 2.05) is 56.9 Å². The maximum atomic E-state index is 12.5. The second kappa shape index (κ2) is 12.2. The fourth-order valence-corrected chi connectivity index (χ4v) is 5.52. The van der Waals surface area contributed by atoms with Gasteiger partial charge in [-0.3, -0.25) is 4.98 Å². The average Bonchev–Trinajstić information content (AvgIpc) is 2.89. The van der Waals surface area contributed by atoms with E-state index >= 15 is 0 Å². The summed E-state index contributed by atoms with van der Waals surface area (Å²) in [6.07, 6.45) is 3.84. The van der Waals surface area contributed by atoms with Crippen LogP contribution in [0, 0.1) is 13.8 Å². The van der Waals surface area contributed by atoms with Crippen LogP contribution in [0.5, 0.6) is 0 Å². The Bertz CT molecular complexity index is 1320. The molecule has 0 saturated carbocycles. The number of ether oxygens (including phenoxy) is 1.